The summed E-state index contributed by atoms with van der Waals surface area (Å²) in [5, 5.41) is -0.317. The number of carbonyl (C=O) groups excluding carboxylic acids is 2. The first-order valence-corrected chi connectivity index (χ1v) is 10.4. The van der Waals surface area contributed by atoms with Gasteiger partial charge < -0.3 is 9.47 Å². The van der Waals surface area contributed by atoms with Gasteiger partial charge in [-0.15, -0.1) is 0 Å². The number of nitrogens with zero attached hydrogens (tertiary/aromatic N) is 1. The van der Waals surface area contributed by atoms with Crippen molar-refractivity contribution in [1.82, 2.24) is 0 Å². The average molecular weight is 462 g/mol. The number of carbonyl (C=O) groups is 2. The van der Waals surface area contributed by atoms with Crippen LogP contribution in [-0.2, 0) is 4.79 Å². The standard InChI is InChI=1S/C21H20BrNO4S/c1-4-13(2)27-18-12-16(22)14(10-17(18)26-3)11-19-20(24)23(21(25)28-19)15-8-6-5-7-9-15/h5-13H,4H2,1-3H3/b19-11+/t13-/m0/s1. The Morgan fingerprint density at radius 3 is 2.54 bits per heavy atom. The molecule has 1 saturated heterocycles. The Hall–Kier alpha value is -2.25. The van der Waals surface area contributed by atoms with Gasteiger partial charge in [0.2, 0.25) is 0 Å². The van der Waals surface area contributed by atoms with E-state index in [4.69, 9.17) is 9.47 Å². The van der Waals surface area contributed by atoms with E-state index in [0.717, 1.165) is 28.2 Å². The summed E-state index contributed by atoms with van der Waals surface area (Å²) in [7, 11) is 1.57. The highest BCUT2D eigenvalue weighted by Crippen LogP contribution is 2.39. The number of rotatable bonds is 6. The zero-order chi connectivity index (χ0) is 20.3. The van der Waals surface area contributed by atoms with Gasteiger partial charge in [-0.3, -0.25) is 9.59 Å². The molecule has 1 atom stereocenters. The first-order valence-electron chi connectivity index (χ1n) is 8.81. The van der Waals surface area contributed by atoms with Gasteiger partial charge in [-0.1, -0.05) is 41.1 Å². The Balaban J connectivity index is 1.93. The van der Waals surface area contributed by atoms with E-state index in [0.29, 0.717) is 22.1 Å². The monoisotopic (exact) mass is 461 g/mol. The molecule has 0 unspecified atom stereocenters. The second-order valence-corrected chi connectivity index (χ2v) is 8.06. The number of benzene rings is 2. The summed E-state index contributed by atoms with van der Waals surface area (Å²) in [6.07, 6.45) is 2.61. The maximum Gasteiger partial charge on any atom is 0.298 e. The van der Waals surface area contributed by atoms with Crippen molar-refractivity contribution in [3.63, 3.8) is 0 Å². The van der Waals surface area contributed by atoms with Gasteiger partial charge in [-0.25, -0.2) is 4.90 Å². The third-order valence-corrected chi connectivity index (χ3v) is 5.84. The molecule has 7 heteroatoms. The van der Waals surface area contributed by atoms with E-state index in [2.05, 4.69) is 15.9 Å². The first kappa shape index (κ1) is 20.5. The molecule has 0 aliphatic carbocycles. The SMILES string of the molecule is CC[C@H](C)Oc1cc(Br)c(/C=C2/SC(=O)N(c3ccccc3)C2=O)cc1OC. The number of para-hydroxylation sites is 1. The molecule has 1 aliphatic heterocycles. The molecule has 2 aromatic rings. The highest BCUT2D eigenvalue weighted by Gasteiger charge is 2.36. The molecular formula is C21H20BrNO4S. The Kier molecular flexibility index (Phi) is 6.46. The van der Waals surface area contributed by atoms with Crippen LogP contribution >= 0.6 is 27.7 Å². The fourth-order valence-electron chi connectivity index (χ4n) is 2.62. The van der Waals surface area contributed by atoms with E-state index in [1.54, 1.807) is 43.5 Å². The molecule has 0 spiro atoms. The van der Waals surface area contributed by atoms with Crippen molar-refractivity contribution in [3.05, 3.63) is 57.4 Å². The summed E-state index contributed by atoms with van der Waals surface area (Å²) >= 11 is 4.44. The number of methoxy groups -OCH3 is 1. The lowest BCUT2D eigenvalue weighted by Crippen LogP contribution is -2.27. The first-order chi connectivity index (χ1) is 13.4. The Morgan fingerprint density at radius 2 is 1.89 bits per heavy atom. The molecule has 3 rings (SSSR count). The van der Waals surface area contributed by atoms with Crippen LogP contribution in [-0.4, -0.2) is 24.4 Å². The molecule has 2 aromatic carbocycles. The quantitative estimate of drug-likeness (QED) is 0.502. The minimum atomic E-state index is -0.341. The van der Waals surface area contributed by atoms with Gasteiger partial charge in [0.1, 0.15) is 0 Å². The van der Waals surface area contributed by atoms with Crippen LogP contribution in [0.5, 0.6) is 11.5 Å². The van der Waals surface area contributed by atoms with Crippen molar-refractivity contribution in [3.8, 4) is 11.5 Å². The Bertz CT molecular complexity index is 930. The van der Waals surface area contributed by atoms with E-state index >= 15 is 0 Å². The molecule has 0 radical (unpaired) electrons. The Morgan fingerprint density at radius 1 is 1.18 bits per heavy atom. The number of anilines is 1. The van der Waals surface area contributed by atoms with E-state index in [9.17, 15) is 9.59 Å². The molecular weight excluding hydrogens is 442 g/mol. The molecule has 28 heavy (non-hydrogen) atoms. The minimum absolute atomic E-state index is 0.0500. The maximum atomic E-state index is 12.8. The lowest BCUT2D eigenvalue weighted by atomic mass is 10.1. The van der Waals surface area contributed by atoms with Crippen LogP contribution in [0, 0.1) is 0 Å². The van der Waals surface area contributed by atoms with Crippen LogP contribution in [0.4, 0.5) is 10.5 Å². The highest BCUT2D eigenvalue weighted by molar-refractivity contribution is 9.10. The van der Waals surface area contributed by atoms with Crippen molar-refractivity contribution >= 4 is 50.6 Å². The van der Waals surface area contributed by atoms with Gasteiger partial charge in [0.25, 0.3) is 11.1 Å². The molecule has 2 amide bonds. The van der Waals surface area contributed by atoms with E-state index in [1.165, 1.54) is 4.90 Å². The van der Waals surface area contributed by atoms with Crippen molar-refractivity contribution in [2.24, 2.45) is 0 Å². The largest absolute Gasteiger partial charge is 0.493 e. The molecule has 1 fully saturated rings. The van der Waals surface area contributed by atoms with Crippen LogP contribution in [0.2, 0.25) is 0 Å². The topological polar surface area (TPSA) is 55.8 Å². The summed E-state index contributed by atoms with van der Waals surface area (Å²) < 4.78 is 12.1. The molecule has 0 N–H and O–H groups in total. The van der Waals surface area contributed by atoms with Crippen molar-refractivity contribution < 1.29 is 19.1 Å². The predicted molar refractivity (Wildman–Crippen MR) is 116 cm³/mol. The third-order valence-electron chi connectivity index (χ3n) is 4.28. The maximum absolute atomic E-state index is 12.8. The number of halogens is 1. The molecule has 0 aromatic heterocycles. The number of amides is 2. The molecule has 146 valence electrons. The van der Waals surface area contributed by atoms with Crippen molar-refractivity contribution in [2.45, 2.75) is 26.4 Å². The lowest BCUT2D eigenvalue weighted by molar-refractivity contribution is -0.113. The average Bonchev–Trinajstić information content (AvgIpc) is 2.97. The van der Waals surface area contributed by atoms with Crippen LogP contribution in [0.15, 0.2) is 51.8 Å². The van der Waals surface area contributed by atoms with Gasteiger partial charge >= 0.3 is 0 Å². The molecule has 1 heterocycles. The molecule has 1 aliphatic rings. The lowest BCUT2D eigenvalue weighted by Gasteiger charge is -2.17. The summed E-state index contributed by atoms with van der Waals surface area (Å²) in [6.45, 7) is 4.03. The Labute approximate surface area is 176 Å². The van der Waals surface area contributed by atoms with Crippen LogP contribution in [0.25, 0.3) is 6.08 Å². The molecule has 0 bridgehead atoms. The van der Waals surface area contributed by atoms with Crippen molar-refractivity contribution in [1.29, 1.82) is 0 Å². The zero-order valence-corrected chi connectivity index (χ0v) is 18.2. The van der Waals surface area contributed by atoms with Gasteiger partial charge in [0, 0.05) is 4.47 Å². The summed E-state index contributed by atoms with van der Waals surface area (Å²) in [5.41, 5.74) is 1.29. The van der Waals surface area contributed by atoms with Crippen LogP contribution < -0.4 is 14.4 Å². The van der Waals surface area contributed by atoms with E-state index in [1.807, 2.05) is 26.0 Å². The fourth-order valence-corrected chi connectivity index (χ4v) is 3.89. The smallest absolute Gasteiger partial charge is 0.298 e. The van der Waals surface area contributed by atoms with Gasteiger partial charge in [0.05, 0.1) is 23.8 Å². The fraction of sp³-hybridized carbons (Fsp3) is 0.238. The number of hydrogen-bond donors (Lipinski definition) is 0. The highest BCUT2D eigenvalue weighted by atomic mass is 79.9. The number of imide groups is 1. The van der Waals surface area contributed by atoms with E-state index in [-0.39, 0.29) is 17.3 Å². The normalized spacial score (nSPS) is 16.6. The van der Waals surface area contributed by atoms with Crippen LogP contribution in [0.3, 0.4) is 0 Å². The van der Waals surface area contributed by atoms with Gasteiger partial charge in [-0.05, 0) is 61.0 Å². The summed E-state index contributed by atoms with van der Waals surface area (Å²) in [4.78, 5) is 26.7. The number of hydrogen-bond acceptors (Lipinski definition) is 5. The van der Waals surface area contributed by atoms with Crippen LogP contribution in [0.1, 0.15) is 25.8 Å². The second-order valence-electron chi connectivity index (χ2n) is 6.21. The summed E-state index contributed by atoms with van der Waals surface area (Å²) in [6, 6.07) is 12.5. The minimum Gasteiger partial charge on any atom is -0.493 e. The van der Waals surface area contributed by atoms with Gasteiger partial charge in [-0.2, -0.15) is 0 Å². The van der Waals surface area contributed by atoms with Crippen molar-refractivity contribution in [2.75, 3.05) is 12.0 Å². The number of ether oxygens (including phenoxy) is 2. The number of thioether (sulfide) groups is 1. The molecule has 0 saturated carbocycles. The zero-order valence-electron chi connectivity index (χ0n) is 15.8. The summed E-state index contributed by atoms with van der Waals surface area (Å²) in [5.74, 6) is 0.849. The molecule has 5 nitrogen and oxygen atoms in total. The second kappa shape index (κ2) is 8.84. The third kappa shape index (κ3) is 4.25. The predicted octanol–water partition coefficient (Wildman–Crippen LogP) is 5.88. The van der Waals surface area contributed by atoms with E-state index < -0.39 is 0 Å². The van der Waals surface area contributed by atoms with Gasteiger partial charge in [0.15, 0.2) is 11.5 Å².